The highest BCUT2D eigenvalue weighted by atomic mass is 19.4. The van der Waals surface area contributed by atoms with Crippen molar-refractivity contribution in [2.24, 2.45) is 5.41 Å². The molecule has 3 heterocycles. The average molecular weight is 605 g/mol. The summed E-state index contributed by atoms with van der Waals surface area (Å²) in [6.07, 6.45) is -20.1. The van der Waals surface area contributed by atoms with Crippen LogP contribution < -0.4 is 4.90 Å². The Bertz CT molecular complexity index is 1110. The van der Waals surface area contributed by atoms with E-state index in [4.69, 9.17) is 0 Å². The molecule has 1 spiro atoms. The number of hydrogen-bond acceptors (Lipinski definition) is 5. The van der Waals surface area contributed by atoms with Crippen LogP contribution in [0.5, 0.6) is 0 Å². The lowest BCUT2D eigenvalue weighted by Crippen LogP contribution is -2.60. The van der Waals surface area contributed by atoms with E-state index in [9.17, 15) is 54.2 Å². The molecule has 16 heteroatoms. The molecule has 3 aliphatic rings. The highest BCUT2D eigenvalue weighted by Crippen LogP contribution is 2.43. The smallest absolute Gasteiger partial charge is 0.434 e. The number of hydrogen-bond donors (Lipinski definition) is 1. The first-order chi connectivity index (χ1) is 18.9. The largest absolute Gasteiger partial charge is 0.480 e. The first-order valence-corrected chi connectivity index (χ1v) is 12.9. The van der Waals surface area contributed by atoms with E-state index in [0.717, 1.165) is 17.0 Å². The van der Waals surface area contributed by atoms with Crippen molar-refractivity contribution in [1.29, 1.82) is 0 Å². The van der Waals surface area contributed by atoms with Gasteiger partial charge in [0.15, 0.2) is 0 Å². The van der Waals surface area contributed by atoms with Crippen LogP contribution in [0.25, 0.3) is 0 Å². The Balaban J connectivity index is 1.38. The van der Waals surface area contributed by atoms with Crippen LogP contribution in [0.2, 0.25) is 0 Å². The normalized spacial score (nSPS) is 22.1. The average Bonchev–Trinajstić information content (AvgIpc) is 2.84. The van der Waals surface area contributed by atoms with Gasteiger partial charge in [0.05, 0.1) is 5.56 Å². The number of amides is 1. The summed E-state index contributed by atoms with van der Waals surface area (Å²) < 4.78 is 121. The molecule has 3 saturated heterocycles. The SMILES string of the molecule is O=C(O)C1CCCCN1c1cc(CN2CC3(CCN(C(=O)OC(C(F)(F)F)C(F)(F)F)CC3)C2)cc(C(F)(F)F)c1. The lowest BCUT2D eigenvalue weighted by molar-refractivity contribution is -0.308. The third-order valence-corrected chi connectivity index (χ3v) is 7.84. The molecule has 7 nitrogen and oxygen atoms in total. The number of carboxylic acids is 1. The Labute approximate surface area is 228 Å². The molecule has 1 amide bonds. The molecule has 1 N–H and O–H groups in total. The number of rotatable bonds is 5. The molecular weight excluding hydrogens is 577 g/mol. The molecule has 41 heavy (non-hydrogen) atoms. The number of halogens is 9. The fraction of sp³-hybridized carbons (Fsp3) is 0.680. The predicted octanol–water partition coefficient (Wildman–Crippen LogP) is 5.68. The van der Waals surface area contributed by atoms with Gasteiger partial charge < -0.3 is 19.6 Å². The minimum Gasteiger partial charge on any atom is -0.480 e. The third-order valence-electron chi connectivity index (χ3n) is 7.84. The molecule has 0 bridgehead atoms. The van der Waals surface area contributed by atoms with Gasteiger partial charge in [-0.3, -0.25) is 4.90 Å². The molecule has 1 aromatic rings. The maximum Gasteiger partial charge on any atom is 0.434 e. The molecule has 3 fully saturated rings. The van der Waals surface area contributed by atoms with Crippen molar-refractivity contribution in [3.8, 4) is 0 Å². The fourth-order valence-corrected chi connectivity index (χ4v) is 5.84. The lowest BCUT2D eigenvalue weighted by atomic mass is 9.72. The highest BCUT2D eigenvalue weighted by Gasteiger charge is 2.60. The second kappa shape index (κ2) is 11.1. The Morgan fingerprint density at radius 1 is 0.927 bits per heavy atom. The van der Waals surface area contributed by atoms with Gasteiger partial charge in [-0.15, -0.1) is 0 Å². The summed E-state index contributed by atoms with van der Waals surface area (Å²) in [7, 11) is 0. The van der Waals surface area contributed by atoms with Gasteiger partial charge in [0.25, 0.3) is 6.10 Å². The number of ether oxygens (including phenoxy) is 1. The van der Waals surface area contributed by atoms with Gasteiger partial charge >= 0.3 is 30.6 Å². The molecule has 230 valence electrons. The molecule has 4 rings (SSSR count). The van der Waals surface area contributed by atoms with E-state index >= 15 is 0 Å². The number of carboxylic acid groups (broad SMARTS) is 1. The summed E-state index contributed by atoms with van der Waals surface area (Å²) in [6, 6.07) is 2.55. The van der Waals surface area contributed by atoms with Gasteiger partial charge in [-0.25, -0.2) is 9.59 Å². The summed E-state index contributed by atoms with van der Waals surface area (Å²) in [6.45, 7) is 0.959. The zero-order valence-electron chi connectivity index (χ0n) is 21.6. The molecule has 0 radical (unpaired) electrons. The van der Waals surface area contributed by atoms with E-state index in [1.807, 2.05) is 4.90 Å². The number of nitrogens with zero attached hydrogens (tertiary/aromatic N) is 3. The standard InChI is InChI=1S/C25H28F9N3O4/c26-23(27,28)16-9-15(10-17(11-16)37-6-2-1-3-18(37)19(38)39)12-35-13-22(14-35)4-7-36(8-5-22)21(40)41-20(24(29,30)31)25(32,33)34/h9-11,18,20H,1-8,12-14H2,(H,38,39). The molecule has 0 aliphatic carbocycles. The zero-order chi connectivity index (χ0) is 30.4. The van der Waals surface area contributed by atoms with Gasteiger partial charge in [0, 0.05) is 45.0 Å². The van der Waals surface area contributed by atoms with Gasteiger partial charge in [-0.05, 0) is 61.3 Å². The second-order valence-electron chi connectivity index (χ2n) is 10.9. The molecule has 3 aliphatic heterocycles. The Morgan fingerprint density at radius 2 is 1.54 bits per heavy atom. The van der Waals surface area contributed by atoms with E-state index in [1.165, 1.54) is 11.0 Å². The van der Waals surface area contributed by atoms with Crippen molar-refractivity contribution in [3.63, 3.8) is 0 Å². The molecule has 0 saturated carbocycles. The Hall–Kier alpha value is -2.91. The predicted molar refractivity (Wildman–Crippen MR) is 125 cm³/mol. The first-order valence-electron chi connectivity index (χ1n) is 12.9. The van der Waals surface area contributed by atoms with Crippen molar-refractivity contribution >= 4 is 17.7 Å². The number of anilines is 1. The van der Waals surface area contributed by atoms with Crippen molar-refractivity contribution in [2.45, 2.75) is 69.3 Å². The Morgan fingerprint density at radius 3 is 2.07 bits per heavy atom. The maximum atomic E-state index is 13.7. The molecular formula is C25H28F9N3O4. The van der Waals surface area contributed by atoms with Gasteiger partial charge in [0.2, 0.25) is 0 Å². The quantitative estimate of drug-likeness (QED) is 0.436. The van der Waals surface area contributed by atoms with Gasteiger partial charge in [0.1, 0.15) is 6.04 Å². The topological polar surface area (TPSA) is 73.3 Å². The summed E-state index contributed by atoms with van der Waals surface area (Å²) in [5.41, 5.74) is -0.806. The molecule has 0 aromatic heterocycles. The van der Waals surface area contributed by atoms with Gasteiger partial charge in [-0.2, -0.15) is 39.5 Å². The number of likely N-dealkylation sites (tertiary alicyclic amines) is 2. The molecule has 1 unspecified atom stereocenters. The third kappa shape index (κ3) is 7.12. The monoisotopic (exact) mass is 605 g/mol. The number of piperidine rings is 2. The van der Waals surface area contributed by atoms with Crippen LogP contribution in [0.1, 0.15) is 43.2 Å². The molecule has 1 atom stereocenters. The second-order valence-corrected chi connectivity index (χ2v) is 10.9. The number of carbonyl (C=O) groups excluding carboxylic acids is 1. The number of carbonyl (C=O) groups is 2. The van der Waals surface area contributed by atoms with Crippen LogP contribution in [0, 0.1) is 5.41 Å². The first kappa shape index (κ1) is 31.0. The van der Waals surface area contributed by atoms with Crippen LogP contribution in [0.4, 0.5) is 50.0 Å². The highest BCUT2D eigenvalue weighted by molar-refractivity contribution is 5.78. The molecule has 1 aromatic carbocycles. The van der Waals surface area contributed by atoms with Gasteiger partial charge in [-0.1, -0.05) is 0 Å². The van der Waals surface area contributed by atoms with Crippen LogP contribution in [-0.2, 0) is 22.3 Å². The van der Waals surface area contributed by atoms with Crippen molar-refractivity contribution < 1.29 is 58.9 Å². The number of alkyl halides is 9. The van der Waals surface area contributed by atoms with Crippen LogP contribution in [0.3, 0.4) is 0 Å². The van der Waals surface area contributed by atoms with Crippen LogP contribution in [-0.4, -0.2) is 84.2 Å². The van der Waals surface area contributed by atoms with Crippen molar-refractivity contribution in [1.82, 2.24) is 9.80 Å². The summed E-state index contributed by atoms with van der Waals surface area (Å²) in [5, 5.41) is 9.56. The van der Waals surface area contributed by atoms with E-state index in [1.54, 1.807) is 0 Å². The van der Waals surface area contributed by atoms with E-state index in [-0.39, 0.29) is 38.2 Å². The maximum absolute atomic E-state index is 13.7. The number of aliphatic carboxylic acids is 1. The fourth-order valence-electron chi connectivity index (χ4n) is 5.84. The van der Waals surface area contributed by atoms with Crippen LogP contribution >= 0.6 is 0 Å². The van der Waals surface area contributed by atoms with E-state index < -0.39 is 53.7 Å². The minimum atomic E-state index is -5.81. The Kier molecular flexibility index (Phi) is 8.37. The lowest BCUT2D eigenvalue weighted by Gasteiger charge is -2.54. The van der Waals surface area contributed by atoms with Crippen LogP contribution in [0.15, 0.2) is 18.2 Å². The van der Waals surface area contributed by atoms with Crippen molar-refractivity contribution in [2.75, 3.05) is 37.6 Å². The van der Waals surface area contributed by atoms with Crippen molar-refractivity contribution in [3.05, 3.63) is 29.3 Å². The van der Waals surface area contributed by atoms with E-state index in [2.05, 4.69) is 4.74 Å². The zero-order valence-corrected chi connectivity index (χ0v) is 21.6. The minimum absolute atomic E-state index is 0.120. The number of benzene rings is 1. The van der Waals surface area contributed by atoms with E-state index in [0.29, 0.717) is 44.5 Å². The summed E-state index contributed by atoms with van der Waals surface area (Å²) >= 11 is 0. The summed E-state index contributed by atoms with van der Waals surface area (Å²) in [4.78, 5) is 27.8. The summed E-state index contributed by atoms with van der Waals surface area (Å²) in [5.74, 6) is -1.11.